The van der Waals surface area contributed by atoms with Gasteiger partial charge in [0.1, 0.15) is 0 Å². The largest absolute Gasteiger partial charge is 0.358 e. The van der Waals surface area contributed by atoms with Crippen LogP contribution in [0.5, 0.6) is 0 Å². The molecule has 0 bridgehead atoms. The molecule has 0 amide bonds. The fourth-order valence-corrected chi connectivity index (χ4v) is 3.22. The van der Waals surface area contributed by atoms with Gasteiger partial charge in [-0.05, 0) is 23.1 Å². The Morgan fingerprint density at radius 1 is 1.21 bits per heavy atom. The lowest BCUT2D eigenvalue weighted by Gasteiger charge is -2.04. The van der Waals surface area contributed by atoms with Crippen molar-refractivity contribution in [3.8, 4) is 0 Å². The average Bonchev–Trinajstić information content (AvgIpc) is 2.71. The highest BCUT2D eigenvalue weighted by Gasteiger charge is 2.24. The standard InChI is InChI=1S/C12H12N2O4S/c1-13-8-7-10(12(13)14(15)16)9-19(17,18)11-5-3-2-4-6-11/h2-8H,9H2,1H3. The molecule has 0 saturated carbocycles. The van der Waals surface area contributed by atoms with E-state index in [2.05, 4.69) is 0 Å². The number of hydrogen-bond donors (Lipinski definition) is 0. The number of rotatable bonds is 4. The van der Waals surface area contributed by atoms with Gasteiger partial charge in [-0.2, -0.15) is 0 Å². The minimum atomic E-state index is -3.57. The van der Waals surface area contributed by atoms with Crippen molar-refractivity contribution >= 4 is 15.7 Å². The summed E-state index contributed by atoms with van der Waals surface area (Å²) in [5.41, 5.74) is 0.191. The number of nitro groups is 1. The molecule has 0 aliphatic carbocycles. The van der Waals surface area contributed by atoms with Crippen LogP contribution in [0.1, 0.15) is 5.56 Å². The minimum Gasteiger partial charge on any atom is -0.358 e. The smallest absolute Gasteiger partial charge is 0.327 e. The summed E-state index contributed by atoms with van der Waals surface area (Å²) in [7, 11) is -2.06. The van der Waals surface area contributed by atoms with Crippen molar-refractivity contribution in [3.63, 3.8) is 0 Å². The monoisotopic (exact) mass is 280 g/mol. The number of nitrogens with zero attached hydrogens (tertiary/aromatic N) is 2. The molecular formula is C12H12N2O4S. The molecule has 6 nitrogen and oxygen atoms in total. The van der Waals surface area contributed by atoms with Crippen LogP contribution in [0.2, 0.25) is 0 Å². The van der Waals surface area contributed by atoms with Crippen LogP contribution >= 0.6 is 0 Å². The molecule has 100 valence electrons. The third-order valence-electron chi connectivity index (χ3n) is 2.74. The van der Waals surface area contributed by atoms with E-state index in [1.165, 1.54) is 36.0 Å². The Morgan fingerprint density at radius 3 is 2.42 bits per heavy atom. The Morgan fingerprint density at radius 2 is 1.84 bits per heavy atom. The normalized spacial score (nSPS) is 11.4. The Balaban J connectivity index is 2.40. The number of aromatic nitrogens is 1. The molecule has 1 aromatic heterocycles. The van der Waals surface area contributed by atoms with E-state index in [1.807, 2.05) is 0 Å². The zero-order valence-electron chi connectivity index (χ0n) is 10.2. The highest BCUT2D eigenvalue weighted by molar-refractivity contribution is 7.90. The van der Waals surface area contributed by atoms with E-state index in [0.717, 1.165) is 0 Å². The summed E-state index contributed by atoms with van der Waals surface area (Å²) >= 11 is 0. The van der Waals surface area contributed by atoms with Gasteiger partial charge in [0.25, 0.3) is 0 Å². The molecule has 19 heavy (non-hydrogen) atoms. The third kappa shape index (κ3) is 2.65. The van der Waals surface area contributed by atoms with Gasteiger partial charge >= 0.3 is 5.82 Å². The zero-order chi connectivity index (χ0) is 14.0. The van der Waals surface area contributed by atoms with E-state index in [4.69, 9.17) is 0 Å². The minimum absolute atomic E-state index is 0.160. The molecule has 7 heteroatoms. The zero-order valence-corrected chi connectivity index (χ0v) is 11.0. The predicted molar refractivity (Wildman–Crippen MR) is 69.4 cm³/mol. The van der Waals surface area contributed by atoms with Gasteiger partial charge in [-0.3, -0.25) is 0 Å². The molecule has 0 N–H and O–H groups in total. The van der Waals surface area contributed by atoms with Gasteiger partial charge in [-0.1, -0.05) is 18.2 Å². The Hall–Kier alpha value is -2.15. The molecule has 0 fully saturated rings. The van der Waals surface area contributed by atoms with Crippen LogP contribution < -0.4 is 0 Å². The predicted octanol–water partition coefficient (Wildman–Crippen LogP) is 1.91. The molecular weight excluding hydrogens is 268 g/mol. The van der Waals surface area contributed by atoms with Crippen molar-refractivity contribution in [2.75, 3.05) is 0 Å². The van der Waals surface area contributed by atoms with Crippen LogP contribution in [-0.4, -0.2) is 17.9 Å². The summed E-state index contributed by atoms with van der Waals surface area (Å²) in [6.07, 6.45) is 1.48. The maximum atomic E-state index is 12.2. The molecule has 0 atom stereocenters. The first-order chi connectivity index (χ1) is 8.92. The van der Waals surface area contributed by atoms with Crippen LogP contribution in [-0.2, 0) is 22.6 Å². The van der Waals surface area contributed by atoms with Crippen LogP contribution in [0.4, 0.5) is 5.82 Å². The highest BCUT2D eigenvalue weighted by Crippen LogP contribution is 2.24. The molecule has 0 radical (unpaired) electrons. The number of sulfone groups is 1. The van der Waals surface area contributed by atoms with Gasteiger partial charge in [0.15, 0.2) is 9.84 Å². The Labute approximate surface area is 110 Å². The number of benzene rings is 1. The van der Waals surface area contributed by atoms with Crippen molar-refractivity contribution < 1.29 is 13.3 Å². The van der Waals surface area contributed by atoms with E-state index >= 15 is 0 Å². The summed E-state index contributed by atoms with van der Waals surface area (Å²) < 4.78 is 25.6. The second kappa shape index (κ2) is 4.85. The molecule has 2 rings (SSSR count). The van der Waals surface area contributed by atoms with Crippen molar-refractivity contribution in [2.45, 2.75) is 10.6 Å². The average molecular weight is 280 g/mol. The molecule has 1 aromatic carbocycles. The topological polar surface area (TPSA) is 82.2 Å². The fourth-order valence-electron chi connectivity index (χ4n) is 1.85. The van der Waals surface area contributed by atoms with Crippen molar-refractivity contribution in [3.05, 3.63) is 58.3 Å². The summed E-state index contributed by atoms with van der Waals surface area (Å²) in [4.78, 5) is 10.5. The maximum absolute atomic E-state index is 12.2. The first-order valence-corrected chi connectivity index (χ1v) is 7.13. The van der Waals surface area contributed by atoms with E-state index in [9.17, 15) is 18.5 Å². The number of hydrogen-bond acceptors (Lipinski definition) is 4. The van der Waals surface area contributed by atoms with Gasteiger partial charge in [0.2, 0.25) is 0 Å². The van der Waals surface area contributed by atoms with E-state index < -0.39 is 14.8 Å². The molecule has 0 unspecified atom stereocenters. The van der Waals surface area contributed by atoms with Gasteiger partial charge in [-0.15, -0.1) is 0 Å². The molecule has 0 aliphatic heterocycles. The van der Waals surface area contributed by atoms with Crippen LogP contribution in [0.25, 0.3) is 0 Å². The molecule has 0 saturated heterocycles. The van der Waals surface area contributed by atoms with Gasteiger partial charge in [0, 0.05) is 0 Å². The SMILES string of the molecule is Cn1ccc(CS(=O)(=O)c2ccccc2)c1[N+](=O)[O-]. The van der Waals surface area contributed by atoms with E-state index in [1.54, 1.807) is 18.2 Å². The summed E-state index contributed by atoms with van der Waals surface area (Å²) in [6, 6.07) is 9.36. The Kier molecular flexibility index (Phi) is 3.39. The molecule has 1 heterocycles. The summed E-state index contributed by atoms with van der Waals surface area (Å²) in [5, 5.41) is 10.9. The lowest BCUT2D eigenvalue weighted by molar-refractivity contribution is -0.392. The second-order valence-corrected chi connectivity index (χ2v) is 6.09. The van der Waals surface area contributed by atoms with Crippen LogP contribution in [0.15, 0.2) is 47.5 Å². The van der Waals surface area contributed by atoms with E-state index in [-0.39, 0.29) is 22.0 Å². The molecule has 0 spiro atoms. The summed E-state index contributed by atoms with van der Waals surface area (Å²) in [6.45, 7) is 0. The lowest BCUT2D eigenvalue weighted by Crippen LogP contribution is -2.07. The molecule has 0 aliphatic rings. The van der Waals surface area contributed by atoms with Crippen LogP contribution in [0.3, 0.4) is 0 Å². The van der Waals surface area contributed by atoms with Crippen molar-refractivity contribution in [1.82, 2.24) is 4.57 Å². The first-order valence-electron chi connectivity index (χ1n) is 5.48. The van der Waals surface area contributed by atoms with E-state index in [0.29, 0.717) is 0 Å². The van der Waals surface area contributed by atoms with Gasteiger partial charge < -0.3 is 10.1 Å². The van der Waals surface area contributed by atoms with Crippen LogP contribution in [0, 0.1) is 10.1 Å². The lowest BCUT2D eigenvalue weighted by atomic mass is 10.3. The number of aryl methyl sites for hydroxylation is 1. The first kappa shape index (κ1) is 13.3. The Bertz CT molecular complexity index is 705. The van der Waals surface area contributed by atoms with Crippen molar-refractivity contribution in [1.29, 1.82) is 0 Å². The van der Waals surface area contributed by atoms with Gasteiger partial charge in [-0.25, -0.2) is 13.0 Å². The maximum Gasteiger partial charge on any atom is 0.327 e. The molecule has 2 aromatic rings. The van der Waals surface area contributed by atoms with Gasteiger partial charge in [0.05, 0.1) is 29.5 Å². The highest BCUT2D eigenvalue weighted by atomic mass is 32.2. The second-order valence-electron chi connectivity index (χ2n) is 4.10. The third-order valence-corrected chi connectivity index (χ3v) is 4.42. The quantitative estimate of drug-likeness (QED) is 0.632. The fraction of sp³-hybridized carbons (Fsp3) is 0.167. The van der Waals surface area contributed by atoms with Crippen molar-refractivity contribution in [2.24, 2.45) is 7.05 Å². The summed E-state index contributed by atoms with van der Waals surface area (Å²) in [5.74, 6) is -0.576.